The Morgan fingerprint density at radius 3 is 2.33 bits per heavy atom. The minimum Gasteiger partial charge on any atom is -0.496 e. The van der Waals surface area contributed by atoms with Crippen molar-refractivity contribution in [2.45, 2.75) is 5.92 Å². The second-order valence-electron chi connectivity index (χ2n) is 6.25. The van der Waals surface area contributed by atoms with Crippen LogP contribution in [0.15, 0.2) is 36.4 Å². The zero-order valence-corrected chi connectivity index (χ0v) is 14.3. The number of hydrogen-bond donors (Lipinski definition) is 1. The number of likely N-dealkylation sites (tertiary alicyclic amines) is 1. The first-order chi connectivity index (χ1) is 12.8. The number of rotatable bonds is 4. The number of hydrogen-bond acceptors (Lipinski definition) is 3. The van der Waals surface area contributed by atoms with Crippen LogP contribution in [0.3, 0.4) is 0 Å². The van der Waals surface area contributed by atoms with Crippen molar-refractivity contribution >= 4 is 11.9 Å². The van der Waals surface area contributed by atoms with E-state index >= 15 is 0 Å². The maximum absolute atomic E-state index is 14.2. The molecule has 0 radical (unpaired) electrons. The van der Waals surface area contributed by atoms with Crippen molar-refractivity contribution < 1.29 is 32.6 Å². The predicted molar refractivity (Wildman–Crippen MR) is 89.1 cm³/mol. The van der Waals surface area contributed by atoms with E-state index in [2.05, 4.69) is 0 Å². The number of nitrogens with zero attached hydrogens (tertiary/aromatic N) is 1. The Labute approximate surface area is 153 Å². The molecule has 0 aliphatic carbocycles. The van der Waals surface area contributed by atoms with Crippen molar-refractivity contribution in [3.05, 3.63) is 65.0 Å². The van der Waals surface area contributed by atoms with Crippen molar-refractivity contribution in [1.82, 2.24) is 4.90 Å². The first kappa shape index (κ1) is 18.8. The summed E-state index contributed by atoms with van der Waals surface area (Å²) in [6, 6.07) is 7.28. The van der Waals surface area contributed by atoms with Crippen molar-refractivity contribution in [2.24, 2.45) is 5.92 Å². The van der Waals surface area contributed by atoms with Crippen LogP contribution in [0, 0.1) is 23.4 Å². The first-order valence-corrected chi connectivity index (χ1v) is 8.13. The molecule has 0 bridgehead atoms. The van der Waals surface area contributed by atoms with Crippen LogP contribution < -0.4 is 4.74 Å². The topological polar surface area (TPSA) is 66.8 Å². The van der Waals surface area contributed by atoms with Crippen molar-refractivity contribution in [3.8, 4) is 5.75 Å². The van der Waals surface area contributed by atoms with E-state index in [-0.39, 0.29) is 18.8 Å². The lowest BCUT2D eigenvalue weighted by atomic mass is 9.89. The van der Waals surface area contributed by atoms with E-state index in [4.69, 9.17) is 4.74 Å². The van der Waals surface area contributed by atoms with E-state index in [1.165, 1.54) is 31.4 Å². The number of aliphatic carboxylic acids is 1. The third kappa shape index (κ3) is 3.47. The van der Waals surface area contributed by atoms with Gasteiger partial charge in [0, 0.05) is 19.0 Å². The second-order valence-corrected chi connectivity index (χ2v) is 6.25. The second kappa shape index (κ2) is 7.30. The number of halogens is 3. The summed E-state index contributed by atoms with van der Waals surface area (Å²) < 4.78 is 45.9. The number of ether oxygens (including phenoxy) is 1. The summed E-state index contributed by atoms with van der Waals surface area (Å²) in [4.78, 5) is 25.6. The van der Waals surface area contributed by atoms with Crippen LogP contribution in [-0.2, 0) is 4.79 Å². The molecule has 0 saturated carbocycles. The van der Waals surface area contributed by atoms with Crippen LogP contribution in [0.1, 0.15) is 21.8 Å². The Bertz CT molecular complexity index is 885. The molecule has 3 rings (SSSR count). The minimum atomic E-state index is -1.35. The fraction of sp³-hybridized carbons (Fsp3) is 0.263. The molecule has 1 aliphatic rings. The maximum Gasteiger partial charge on any atom is 0.308 e. The van der Waals surface area contributed by atoms with E-state index < -0.39 is 46.7 Å². The molecule has 0 unspecified atom stereocenters. The van der Waals surface area contributed by atoms with Gasteiger partial charge in [-0.05, 0) is 29.8 Å². The summed E-state index contributed by atoms with van der Waals surface area (Å²) in [6.07, 6.45) is 0. The molecule has 8 heteroatoms. The number of amides is 1. The van der Waals surface area contributed by atoms with Gasteiger partial charge >= 0.3 is 5.97 Å². The van der Waals surface area contributed by atoms with Gasteiger partial charge in [0.05, 0.1) is 13.0 Å². The molecule has 2 atom stereocenters. The Hall–Kier alpha value is -3.03. The van der Waals surface area contributed by atoms with E-state index in [0.717, 1.165) is 17.0 Å². The van der Waals surface area contributed by atoms with Gasteiger partial charge in [0.1, 0.15) is 17.1 Å². The zero-order chi connectivity index (χ0) is 19.7. The largest absolute Gasteiger partial charge is 0.496 e. The van der Waals surface area contributed by atoms with Crippen molar-refractivity contribution in [2.75, 3.05) is 20.2 Å². The Morgan fingerprint density at radius 2 is 1.74 bits per heavy atom. The molecule has 1 saturated heterocycles. The lowest BCUT2D eigenvalue weighted by molar-refractivity contribution is -0.141. The Kier molecular flexibility index (Phi) is 5.07. The smallest absolute Gasteiger partial charge is 0.308 e. The molecule has 1 heterocycles. The van der Waals surface area contributed by atoms with Crippen molar-refractivity contribution in [3.63, 3.8) is 0 Å². The monoisotopic (exact) mass is 379 g/mol. The molecule has 0 spiro atoms. The highest BCUT2D eigenvalue weighted by atomic mass is 19.2. The molecule has 0 aromatic heterocycles. The van der Waals surface area contributed by atoms with Gasteiger partial charge in [-0.1, -0.05) is 12.1 Å². The van der Waals surface area contributed by atoms with Crippen LogP contribution in [-0.4, -0.2) is 42.1 Å². The summed E-state index contributed by atoms with van der Waals surface area (Å²) in [6.45, 7) is -0.212. The molecule has 1 N–H and O–H groups in total. The Morgan fingerprint density at radius 1 is 1.07 bits per heavy atom. The average Bonchev–Trinajstić information content (AvgIpc) is 3.09. The molecule has 1 amide bonds. The number of methoxy groups -OCH3 is 1. The normalized spacial score (nSPS) is 19.2. The fourth-order valence-corrected chi connectivity index (χ4v) is 3.33. The fourth-order valence-electron chi connectivity index (χ4n) is 3.33. The minimum absolute atomic E-state index is 0.0272. The van der Waals surface area contributed by atoms with E-state index in [0.29, 0.717) is 5.56 Å². The van der Waals surface area contributed by atoms with Gasteiger partial charge in [0.2, 0.25) is 0 Å². The molecular weight excluding hydrogens is 363 g/mol. The maximum atomic E-state index is 14.2. The summed E-state index contributed by atoms with van der Waals surface area (Å²) in [5.74, 6) is -6.72. The number of carboxylic acid groups (broad SMARTS) is 1. The third-order valence-corrected chi connectivity index (χ3v) is 4.71. The summed E-state index contributed by atoms with van der Waals surface area (Å²) in [7, 11) is 1.22. The lowest BCUT2D eigenvalue weighted by Crippen LogP contribution is -2.31. The van der Waals surface area contributed by atoms with Crippen molar-refractivity contribution in [1.29, 1.82) is 0 Å². The van der Waals surface area contributed by atoms with Gasteiger partial charge in [-0.25, -0.2) is 13.2 Å². The zero-order valence-electron chi connectivity index (χ0n) is 14.3. The van der Waals surface area contributed by atoms with Crippen LogP contribution in [0.2, 0.25) is 0 Å². The molecule has 2 aromatic rings. The summed E-state index contributed by atoms with van der Waals surface area (Å²) >= 11 is 0. The number of carbonyl (C=O) groups is 2. The highest BCUT2D eigenvalue weighted by Crippen LogP contribution is 2.35. The number of benzene rings is 2. The van der Waals surface area contributed by atoms with Gasteiger partial charge < -0.3 is 14.7 Å². The van der Waals surface area contributed by atoms with Gasteiger partial charge in [0.25, 0.3) is 5.91 Å². The quantitative estimate of drug-likeness (QED) is 0.887. The van der Waals surface area contributed by atoms with Crippen LogP contribution in [0.4, 0.5) is 13.2 Å². The number of carbonyl (C=O) groups excluding carboxylic acids is 1. The molecular formula is C19H16F3NO4. The lowest BCUT2D eigenvalue weighted by Gasteiger charge is -2.18. The molecule has 142 valence electrons. The van der Waals surface area contributed by atoms with Gasteiger partial charge in [0.15, 0.2) is 11.6 Å². The molecule has 1 aliphatic heterocycles. The third-order valence-electron chi connectivity index (χ3n) is 4.71. The molecule has 5 nitrogen and oxygen atoms in total. The van der Waals surface area contributed by atoms with Crippen LogP contribution in [0.25, 0.3) is 0 Å². The van der Waals surface area contributed by atoms with Crippen LogP contribution in [0.5, 0.6) is 5.75 Å². The highest BCUT2D eigenvalue weighted by Gasteiger charge is 2.42. The predicted octanol–water partition coefficient (Wildman–Crippen LogP) is 3.05. The van der Waals surface area contributed by atoms with E-state index in [9.17, 15) is 27.9 Å². The number of carboxylic acids is 1. The average molecular weight is 379 g/mol. The van der Waals surface area contributed by atoms with E-state index in [1.807, 2.05) is 0 Å². The SMILES string of the molecule is COc1ccc(F)c(F)c1C(=O)N1C[C@@H](C(=O)O)[C@H](c2ccc(F)cc2)C1. The van der Waals surface area contributed by atoms with Gasteiger partial charge in [-0.2, -0.15) is 0 Å². The molecule has 27 heavy (non-hydrogen) atoms. The highest BCUT2D eigenvalue weighted by molar-refractivity contribution is 5.98. The standard InChI is InChI=1S/C19H16F3NO4/c1-27-15-7-6-14(21)17(22)16(15)18(24)23-8-12(13(9-23)19(25)26)10-2-4-11(20)5-3-10/h2-7,12-13H,8-9H2,1H3,(H,25,26)/t12-,13+/m0/s1. The van der Waals surface area contributed by atoms with Gasteiger partial charge in [-0.3, -0.25) is 9.59 Å². The summed E-state index contributed by atoms with van der Waals surface area (Å²) in [5.41, 5.74) is -0.0350. The molecule has 2 aromatic carbocycles. The summed E-state index contributed by atoms with van der Waals surface area (Å²) in [5, 5.41) is 9.50. The first-order valence-electron chi connectivity index (χ1n) is 8.13. The van der Waals surface area contributed by atoms with E-state index in [1.54, 1.807) is 0 Å². The van der Waals surface area contributed by atoms with Gasteiger partial charge in [-0.15, -0.1) is 0 Å². The molecule has 1 fully saturated rings. The van der Waals surface area contributed by atoms with Crippen LogP contribution >= 0.6 is 0 Å². The Balaban J connectivity index is 1.94.